The standard InChI is InChI=1S/C20H17F2NO5/c1-12(15-5-4-14(21)9-16(15)22)23-19(24)10-26-20(25)7-3-13-2-6-17-18(8-13)28-11-27-17/h2-9,12H,10-11H2,1H3,(H,23,24)/b7-3+/t12-/m1/s1. The van der Waals surface area contributed by atoms with E-state index in [1.165, 1.54) is 25.1 Å². The minimum absolute atomic E-state index is 0.129. The first-order chi connectivity index (χ1) is 13.4. The molecule has 1 aliphatic heterocycles. The van der Waals surface area contributed by atoms with Crippen LogP contribution in [0.25, 0.3) is 6.08 Å². The van der Waals surface area contributed by atoms with Crippen molar-refractivity contribution in [3.8, 4) is 11.5 Å². The van der Waals surface area contributed by atoms with Gasteiger partial charge in [-0.05, 0) is 36.8 Å². The van der Waals surface area contributed by atoms with Crippen molar-refractivity contribution in [2.24, 2.45) is 0 Å². The molecule has 0 spiro atoms. The highest BCUT2D eigenvalue weighted by Gasteiger charge is 2.15. The summed E-state index contributed by atoms with van der Waals surface area (Å²) in [7, 11) is 0. The maximum atomic E-state index is 13.7. The van der Waals surface area contributed by atoms with E-state index in [-0.39, 0.29) is 12.4 Å². The summed E-state index contributed by atoms with van der Waals surface area (Å²) in [5, 5.41) is 2.48. The number of hydrogen-bond acceptors (Lipinski definition) is 5. The van der Waals surface area contributed by atoms with Crippen LogP contribution in [0.15, 0.2) is 42.5 Å². The molecule has 146 valence electrons. The Hall–Kier alpha value is -3.42. The van der Waals surface area contributed by atoms with Crippen molar-refractivity contribution in [2.45, 2.75) is 13.0 Å². The van der Waals surface area contributed by atoms with E-state index in [0.29, 0.717) is 17.1 Å². The van der Waals surface area contributed by atoms with Crippen LogP contribution < -0.4 is 14.8 Å². The molecule has 0 unspecified atom stereocenters. The minimum Gasteiger partial charge on any atom is -0.454 e. The predicted molar refractivity (Wildman–Crippen MR) is 95.5 cm³/mol. The van der Waals surface area contributed by atoms with E-state index in [4.69, 9.17) is 14.2 Å². The highest BCUT2D eigenvalue weighted by molar-refractivity contribution is 5.89. The van der Waals surface area contributed by atoms with E-state index in [1.54, 1.807) is 18.2 Å². The van der Waals surface area contributed by atoms with Gasteiger partial charge in [-0.2, -0.15) is 0 Å². The Bertz CT molecular complexity index is 929. The molecular weight excluding hydrogens is 372 g/mol. The van der Waals surface area contributed by atoms with Crippen LogP contribution >= 0.6 is 0 Å². The number of amides is 1. The molecule has 0 aliphatic carbocycles. The molecule has 0 saturated heterocycles. The van der Waals surface area contributed by atoms with Gasteiger partial charge in [0, 0.05) is 17.7 Å². The van der Waals surface area contributed by atoms with Crippen LogP contribution in [-0.2, 0) is 14.3 Å². The van der Waals surface area contributed by atoms with Crippen LogP contribution in [0.2, 0.25) is 0 Å². The normalized spacial score (nSPS) is 13.4. The quantitative estimate of drug-likeness (QED) is 0.607. The number of benzene rings is 2. The predicted octanol–water partition coefficient (Wildman–Crippen LogP) is 3.13. The number of carbonyl (C=O) groups is 2. The van der Waals surface area contributed by atoms with Crippen LogP contribution in [0.5, 0.6) is 11.5 Å². The molecule has 0 fully saturated rings. The van der Waals surface area contributed by atoms with E-state index in [2.05, 4.69) is 5.32 Å². The largest absolute Gasteiger partial charge is 0.454 e. The van der Waals surface area contributed by atoms with Gasteiger partial charge in [-0.15, -0.1) is 0 Å². The van der Waals surface area contributed by atoms with Gasteiger partial charge in [-0.3, -0.25) is 4.79 Å². The van der Waals surface area contributed by atoms with Crippen LogP contribution in [0.3, 0.4) is 0 Å². The van der Waals surface area contributed by atoms with Gasteiger partial charge in [0.1, 0.15) is 11.6 Å². The fourth-order valence-electron chi connectivity index (χ4n) is 2.58. The van der Waals surface area contributed by atoms with Gasteiger partial charge in [-0.1, -0.05) is 12.1 Å². The van der Waals surface area contributed by atoms with Crippen molar-refractivity contribution < 1.29 is 32.6 Å². The summed E-state index contributed by atoms with van der Waals surface area (Å²) in [6, 6.07) is 7.53. The summed E-state index contributed by atoms with van der Waals surface area (Å²) in [6.07, 6.45) is 2.69. The molecule has 1 heterocycles. The lowest BCUT2D eigenvalue weighted by Crippen LogP contribution is -2.31. The summed E-state index contributed by atoms with van der Waals surface area (Å²) in [4.78, 5) is 23.6. The highest BCUT2D eigenvalue weighted by atomic mass is 19.1. The number of fused-ring (bicyclic) bond motifs is 1. The van der Waals surface area contributed by atoms with Gasteiger partial charge >= 0.3 is 5.97 Å². The van der Waals surface area contributed by atoms with Crippen molar-refractivity contribution in [2.75, 3.05) is 13.4 Å². The molecule has 1 N–H and O–H groups in total. The Balaban J connectivity index is 1.48. The second-order valence-electron chi connectivity index (χ2n) is 6.01. The number of rotatable bonds is 6. The highest BCUT2D eigenvalue weighted by Crippen LogP contribution is 2.32. The maximum Gasteiger partial charge on any atom is 0.331 e. The molecule has 0 aromatic heterocycles. The lowest BCUT2D eigenvalue weighted by molar-refractivity contribution is -0.144. The zero-order chi connectivity index (χ0) is 20.1. The van der Waals surface area contributed by atoms with Gasteiger partial charge in [0.25, 0.3) is 5.91 Å². The van der Waals surface area contributed by atoms with Crippen LogP contribution in [0.1, 0.15) is 24.1 Å². The maximum absolute atomic E-state index is 13.7. The van der Waals surface area contributed by atoms with Crippen molar-refractivity contribution in [3.05, 3.63) is 65.2 Å². The molecule has 1 aliphatic rings. The molecule has 28 heavy (non-hydrogen) atoms. The summed E-state index contributed by atoms with van der Waals surface area (Å²) in [5.41, 5.74) is 0.829. The van der Waals surface area contributed by atoms with E-state index >= 15 is 0 Å². The average Bonchev–Trinajstić information content (AvgIpc) is 3.12. The summed E-state index contributed by atoms with van der Waals surface area (Å²) in [6.45, 7) is 1.16. The third-order valence-electron chi connectivity index (χ3n) is 3.96. The van der Waals surface area contributed by atoms with Gasteiger partial charge in [-0.25, -0.2) is 13.6 Å². The lowest BCUT2D eigenvalue weighted by Gasteiger charge is -2.15. The Labute approximate surface area is 159 Å². The summed E-state index contributed by atoms with van der Waals surface area (Å²) in [5.74, 6) is -1.59. The molecule has 8 heteroatoms. The lowest BCUT2D eigenvalue weighted by atomic mass is 10.1. The molecule has 3 rings (SSSR count). The second-order valence-corrected chi connectivity index (χ2v) is 6.01. The molecule has 0 bridgehead atoms. The Kier molecular flexibility index (Phi) is 5.88. The Morgan fingerprint density at radius 2 is 1.96 bits per heavy atom. The van der Waals surface area contributed by atoms with Crippen molar-refractivity contribution in [1.29, 1.82) is 0 Å². The number of hydrogen-bond donors (Lipinski definition) is 1. The van der Waals surface area contributed by atoms with Gasteiger partial charge in [0.05, 0.1) is 6.04 Å². The fourth-order valence-corrected chi connectivity index (χ4v) is 2.58. The van der Waals surface area contributed by atoms with Crippen LogP contribution in [0.4, 0.5) is 8.78 Å². The first-order valence-electron chi connectivity index (χ1n) is 8.41. The van der Waals surface area contributed by atoms with E-state index in [1.807, 2.05) is 0 Å². The Morgan fingerprint density at radius 3 is 2.75 bits per heavy atom. The zero-order valence-corrected chi connectivity index (χ0v) is 14.9. The number of ether oxygens (including phenoxy) is 3. The van der Waals surface area contributed by atoms with Gasteiger partial charge < -0.3 is 19.5 Å². The van der Waals surface area contributed by atoms with Crippen molar-refractivity contribution in [3.63, 3.8) is 0 Å². The molecule has 2 aromatic rings. The molecule has 1 amide bonds. The molecule has 1 atom stereocenters. The topological polar surface area (TPSA) is 73.9 Å². The zero-order valence-electron chi connectivity index (χ0n) is 14.9. The summed E-state index contributed by atoms with van der Waals surface area (Å²) < 4.78 is 41.9. The molecule has 6 nitrogen and oxygen atoms in total. The molecule has 0 saturated carbocycles. The third-order valence-corrected chi connectivity index (χ3v) is 3.96. The molecule has 2 aromatic carbocycles. The fraction of sp³-hybridized carbons (Fsp3) is 0.200. The van der Waals surface area contributed by atoms with Gasteiger partial charge in [0.2, 0.25) is 6.79 Å². The van der Waals surface area contributed by atoms with Crippen molar-refractivity contribution >= 4 is 18.0 Å². The summed E-state index contributed by atoms with van der Waals surface area (Å²) >= 11 is 0. The first kappa shape index (κ1) is 19.3. The number of esters is 1. The Morgan fingerprint density at radius 1 is 1.18 bits per heavy atom. The number of carbonyl (C=O) groups excluding carboxylic acids is 2. The average molecular weight is 389 g/mol. The molecular formula is C20H17F2NO5. The second kappa shape index (κ2) is 8.51. The third kappa shape index (κ3) is 4.85. The monoisotopic (exact) mass is 389 g/mol. The number of halogens is 2. The van der Waals surface area contributed by atoms with Gasteiger partial charge in [0.15, 0.2) is 18.1 Å². The molecule has 0 radical (unpaired) electrons. The first-order valence-corrected chi connectivity index (χ1v) is 8.41. The van der Waals surface area contributed by atoms with Crippen LogP contribution in [0, 0.1) is 11.6 Å². The number of nitrogens with one attached hydrogen (secondary N) is 1. The van der Waals surface area contributed by atoms with E-state index in [0.717, 1.165) is 12.1 Å². The van der Waals surface area contributed by atoms with E-state index < -0.39 is 36.2 Å². The van der Waals surface area contributed by atoms with E-state index in [9.17, 15) is 18.4 Å². The van der Waals surface area contributed by atoms with Crippen LogP contribution in [-0.4, -0.2) is 25.3 Å². The SMILES string of the molecule is C[C@@H](NC(=O)COC(=O)/C=C/c1ccc2c(c1)OCO2)c1ccc(F)cc1F. The van der Waals surface area contributed by atoms with Crippen molar-refractivity contribution in [1.82, 2.24) is 5.32 Å². The smallest absolute Gasteiger partial charge is 0.331 e. The minimum atomic E-state index is -0.767.